The van der Waals surface area contributed by atoms with E-state index in [0.717, 1.165) is 16.7 Å². The maximum absolute atomic E-state index is 12.4. The van der Waals surface area contributed by atoms with Crippen molar-refractivity contribution in [2.75, 3.05) is 11.3 Å². The molecular weight excluding hydrogens is 328 g/mol. The van der Waals surface area contributed by atoms with Gasteiger partial charge >= 0.3 is 6.09 Å². The quantitative estimate of drug-likeness (QED) is 0.895. The van der Waals surface area contributed by atoms with Crippen LogP contribution in [0.3, 0.4) is 0 Å². The number of sulfonamides is 1. The van der Waals surface area contributed by atoms with Crippen LogP contribution >= 0.6 is 0 Å². The standard InChI is InChI=1S/C17H18N2O4S/c1-12-2-6-16(7-3-12)24(22,23)18-15-5-4-14-11-19(17(20)21)9-8-13(14)10-15/h2-7,10,18H,8-9,11H2,1H3,(H,20,21). The van der Waals surface area contributed by atoms with Gasteiger partial charge in [0, 0.05) is 18.8 Å². The summed E-state index contributed by atoms with van der Waals surface area (Å²) in [5, 5.41) is 9.05. The van der Waals surface area contributed by atoms with Crippen LogP contribution in [0.15, 0.2) is 47.4 Å². The third kappa shape index (κ3) is 3.35. The highest BCUT2D eigenvalue weighted by Gasteiger charge is 2.21. The molecule has 1 aliphatic heterocycles. The number of aryl methyl sites for hydroxylation is 1. The molecule has 0 spiro atoms. The molecule has 1 aliphatic rings. The Morgan fingerprint density at radius 2 is 1.83 bits per heavy atom. The van der Waals surface area contributed by atoms with E-state index in [9.17, 15) is 13.2 Å². The van der Waals surface area contributed by atoms with Crippen molar-refractivity contribution in [2.45, 2.75) is 24.8 Å². The maximum Gasteiger partial charge on any atom is 0.407 e. The van der Waals surface area contributed by atoms with E-state index in [1.807, 2.05) is 6.92 Å². The van der Waals surface area contributed by atoms with Crippen molar-refractivity contribution >= 4 is 21.8 Å². The number of benzene rings is 2. The fraction of sp³-hybridized carbons (Fsp3) is 0.235. The molecule has 1 heterocycles. The first-order valence-electron chi connectivity index (χ1n) is 7.54. The lowest BCUT2D eigenvalue weighted by Gasteiger charge is -2.26. The van der Waals surface area contributed by atoms with E-state index in [-0.39, 0.29) is 4.90 Å². The second-order valence-corrected chi connectivity index (χ2v) is 7.54. The molecule has 3 rings (SSSR count). The van der Waals surface area contributed by atoms with Gasteiger partial charge in [-0.3, -0.25) is 4.72 Å². The molecule has 0 saturated heterocycles. The van der Waals surface area contributed by atoms with E-state index >= 15 is 0 Å². The third-order valence-electron chi connectivity index (χ3n) is 4.07. The summed E-state index contributed by atoms with van der Waals surface area (Å²) < 4.78 is 27.4. The fourth-order valence-electron chi connectivity index (χ4n) is 2.71. The van der Waals surface area contributed by atoms with Crippen LogP contribution in [-0.2, 0) is 23.0 Å². The highest BCUT2D eigenvalue weighted by molar-refractivity contribution is 7.92. The van der Waals surface area contributed by atoms with Crippen molar-refractivity contribution in [1.29, 1.82) is 0 Å². The minimum absolute atomic E-state index is 0.211. The van der Waals surface area contributed by atoms with Gasteiger partial charge in [0.25, 0.3) is 10.0 Å². The van der Waals surface area contributed by atoms with Gasteiger partial charge in [-0.15, -0.1) is 0 Å². The van der Waals surface area contributed by atoms with Gasteiger partial charge in [0.1, 0.15) is 0 Å². The Labute approximate surface area is 140 Å². The number of hydrogen-bond donors (Lipinski definition) is 2. The van der Waals surface area contributed by atoms with Gasteiger partial charge in [-0.25, -0.2) is 13.2 Å². The summed E-state index contributed by atoms with van der Waals surface area (Å²) in [6.07, 6.45) is -0.369. The van der Waals surface area contributed by atoms with Gasteiger partial charge in [-0.2, -0.15) is 0 Å². The molecular formula is C17H18N2O4S. The van der Waals surface area contributed by atoms with Crippen molar-refractivity contribution in [3.05, 3.63) is 59.2 Å². The summed E-state index contributed by atoms with van der Waals surface area (Å²) >= 11 is 0. The Hall–Kier alpha value is -2.54. The average molecular weight is 346 g/mol. The number of rotatable bonds is 3. The van der Waals surface area contributed by atoms with Gasteiger partial charge in [0.05, 0.1) is 4.90 Å². The molecule has 0 bridgehead atoms. The Morgan fingerprint density at radius 3 is 2.50 bits per heavy atom. The van der Waals surface area contributed by atoms with E-state index in [0.29, 0.717) is 25.2 Å². The molecule has 0 saturated carbocycles. The predicted molar refractivity (Wildman–Crippen MR) is 90.6 cm³/mol. The lowest BCUT2D eigenvalue weighted by Crippen LogP contribution is -2.34. The van der Waals surface area contributed by atoms with Crippen molar-refractivity contribution in [1.82, 2.24) is 4.90 Å². The zero-order valence-corrected chi connectivity index (χ0v) is 14.0. The topological polar surface area (TPSA) is 86.7 Å². The first kappa shape index (κ1) is 16.3. The van der Waals surface area contributed by atoms with Crippen LogP contribution < -0.4 is 4.72 Å². The van der Waals surface area contributed by atoms with Gasteiger partial charge in [0.2, 0.25) is 0 Å². The van der Waals surface area contributed by atoms with Gasteiger partial charge < -0.3 is 10.0 Å². The van der Waals surface area contributed by atoms with E-state index in [1.165, 1.54) is 4.90 Å². The van der Waals surface area contributed by atoms with Crippen molar-refractivity contribution in [2.24, 2.45) is 0 Å². The van der Waals surface area contributed by atoms with Crippen LogP contribution in [0.4, 0.5) is 10.5 Å². The molecule has 24 heavy (non-hydrogen) atoms. The Bertz CT molecular complexity index is 876. The van der Waals surface area contributed by atoms with E-state index in [2.05, 4.69) is 4.72 Å². The SMILES string of the molecule is Cc1ccc(S(=O)(=O)Nc2ccc3c(c2)CCN(C(=O)O)C3)cc1. The fourth-order valence-corrected chi connectivity index (χ4v) is 3.76. The Kier molecular flexibility index (Phi) is 4.19. The number of carbonyl (C=O) groups is 1. The van der Waals surface area contributed by atoms with Gasteiger partial charge in [0.15, 0.2) is 0 Å². The average Bonchev–Trinajstić information content (AvgIpc) is 2.54. The molecule has 0 unspecified atom stereocenters. The predicted octanol–water partition coefficient (Wildman–Crippen LogP) is 2.83. The molecule has 126 valence electrons. The van der Waals surface area contributed by atoms with Crippen LogP contribution in [0, 0.1) is 6.92 Å². The van der Waals surface area contributed by atoms with Crippen LogP contribution in [0.25, 0.3) is 0 Å². The molecule has 2 aromatic carbocycles. The Balaban J connectivity index is 1.82. The highest BCUT2D eigenvalue weighted by atomic mass is 32.2. The second-order valence-electron chi connectivity index (χ2n) is 5.86. The van der Waals surface area contributed by atoms with E-state index in [1.54, 1.807) is 42.5 Å². The number of nitrogens with one attached hydrogen (secondary N) is 1. The van der Waals surface area contributed by atoms with Crippen molar-refractivity contribution in [3.8, 4) is 0 Å². The van der Waals surface area contributed by atoms with Crippen molar-refractivity contribution in [3.63, 3.8) is 0 Å². The summed E-state index contributed by atoms with van der Waals surface area (Å²) in [6, 6.07) is 11.9. The lowest BCUT2D eigenvalue weighted by molar-refractivity contribution is 0.140. The smallest absolute Gasteiger partial charge is 0.407 e. The van der Waals surface area contributed by atoms with Crippen LogP contribution in [-0.4, -0.2) is 31.1 Å². The number of carboxylic acid groups (broad SMARTS) is 1. The first-order chi connectivity index (χ1) is 11.3. The monoisotopic (exact) mass is 346 g/mol. The van der Waals surface area contributed by atoms with Crippen molar-refractivity contribution < 1.29 is 18.3 Å². The molecule has 0 fully saturated rings. The van der Waals surface area contributed by atoms with E-state index < -0.39 is 16.1 Å². The number of hydrogen-bond acceptors (Lipinski definition) is 3. The Morgan fingerprint density at radius 1 is 1.12 bits per heavy atom. The molecule has 2 N–H and O–H groups in total. The number of fused-ring (bicyclic) bond motifs is 1. The molecule has 0 aromatic heterocycles. The zero-order valence-electron chi connectivity index (χ0n) is 13.2. The summed E-state index contributed by atoms with van der Waals surface area (Å²) in [5.41, 5.74) is 3.35. The molecule has 2 aromatic rings. The van der Waals surface area contributed by atoms with E-state index in [4.69, 9.17) is 5.11 Å². The molecule has 0 radical (unpaired) electrons. The van der Waals surface area contributed by atoms with Crippen LogP contribution in [0.2, 0.25) is 0 Å². The minimum atomic E-state index is -3.64. The first-order valence-corrected chi connectivity index (χ1v) is 9.03. The molecule has 0 atom stereocenters. The van der Waals surface area contributed by atoms with Crippen LogP contribution in [0.5, 0.6) is 0 Å². The second kappa shape index (κ2) is 6.16. The normalized spacial score (nSPS) is 14.1. The summed E-state index contributed by atoms with van der Waals surface area (Å²) in [5.74, 6) is 0. The zero-order chi connectivity index (χ0) is 17.3. The number of amides is 1. The highest BCUT2D eigenvalue weighted by Crippen LogP contribution is 2.24. The summed E-state index contributed by atoms with van der Waals surface area (Å²) in [7, 11) is -3.64. The van der Waals surface area contributed by atoms with Gasteiger partial charge in [-0.1, -0.05) is 23.8 Å². The molecule has 7 heteroatoms. The molecule has 6 nitrogen and oxygen atoms in total. The third-order valence-corrected chi connectivity index (χ3v) is 5.47. The number of nitrogens with zero attached hydrogens (tertiary/aromatic N) is 1. The minimum Gasteiger partial charge on any atom is -0.465 e. The summed E-state index contributed by atoms with van der Waals surface area (Å²) in [6.45, 7) is 2.64. The molecule has 0 aliphatic carbocycles. The van der Waals surface area contributed by atoms with Crippen LogP contribution in [0.1, 0.15) is 16.7 Å². The lowest BCUT2D eigenvalue weighted by atomic mass is 9.99. The van der Waals surface area contributed by atoms with Gasteiger partial charge in [-0.05, 0) is 48.7 Å². The maximum atomic E-state index is 12.4. The molecule has 1 amide bonds. The largest absolute Gasteiger partial charge is 0.465 e. The number of anilines is 1. The summed E-state index contributed by atoms with van der Waals surface area (Å²) in [4.78, 5) is 12.6.